The summed E-state index contributed by atoms with van der Waals surface area (Å²) in [7, 11) is 1.50. The first kappa shape index (κ1) is 13.2. The smallest absolute Gasteiger partial charge is 0.251 e. The van der Waals surface area contributed by atoms with Gasteiger partial charge in [-0.2, -0.15) is 0 Å². The Kier molecular flexibility index (Phi) is 3.89. The number of piperidine rings is 1. The molecule has 19 heavy (non-hydrogen) atoms. The van der Waals surface area contributed by atoms with E-state index in [2.05, 4.69) is 10.6 Å². The van der Waals surface area contributed by atoms with Crippen molar-refractivity contribution < 1.29 is 14.3 Å². The predicted octanol–water partition coefficient (Wildman–Crippen LogP) is 0.286. The molecule has 102 valence electrons. The van der Waals surface area contributed by atoms with Crippen molar-refractivity contribution in [3.05, 3.63) is 23.8 Å². The minimum Gasteiger partial charge on any atom is -0.495 e. The second-order valence-corrected chi connectivity index (χ2v) is 4.47. The van der Waals surface area contributed by atoms with Gasteiger partial charge in [0.25, 0.3) is 5.91 Å². The first-order valence-electron chi connectivity index (χ1n) is 6.11. The van der Waals surface area contributed by atoms with Gasteiger partial charge >= 0.3 is 0 Å². The van der Waals surface area contributed by atoms with Gasteiger partial charge in [0.1, 0.15) is 5.75 Å². The molecule has 1 aliphatic heterocycles. The standard InChI is InChI=1S/C13H17N3O3/c1-19-11-6-8(2-3-10(11)14)13(18)16-9-4-5-15-12(17)7-9/h2-3,6,9H,4-5,7,14H2,1H3,(H,15,17)(H,16,18)/t9-/m0/s1. The maximum Gasteiger partial charge on any atom is 0.251 e. The third-order valence-electron chi connectivity index (χ3n) is 3.08. The Hall–Kier alpha value is -2.24. The maximum atomic E-state index is 12.1. The monoisotopic (exact) mass is 263 g/mol. The van der Waals surface area contributed by atoms with E-state index in [4.69, 9.17) is 10.5 Å². The number of carbonyl (C=O) groups is 2. The van der Waals surface area contributed by atoms with Gasteiger partial charge < -0.3 is 21.1 Å². The molecule has 6 nitrogen and oxygen atoms in total. The van der Waals surface area contributed by atoms with E-state index < -0.39 is 0 Å². The SMILES string of the molecule is COc1cc(C(=O)N[C@H]2CCNC(=O)C2)ccc1N. The van der Waals surface area contributed by atoms with Gasteiger partial charge in [-0.3, -0.25) is 9.59 Å². The number of hydrogen-bond acceptors (Lipinski definition) is 4. The molecule has 2 rings (SSSR count). The lowest BCUT2D eigenvalue weighted by Gasteiger charge is -2.23. The number of carbonyl (C=O) groups excluding carboxylic acids is 2. The number of methoxy groups -OCH3 is 1. The zero-order valence-corrected chi connectivity index (χ0v) is 10.7. The molecule has 0 spiro atoms. The number of anilines is 1. The summed E-state index contributed by atoms with van der Waals surface area (Å²) < 4.78 is 5.07. The van der Waals surface area contributed by atoms with Crippen molar-refractivity contribution in [3.8, 4) is 5.75 Å². The lowest BCUT2D eigenvalue weighted by atomic mass is 10.1. The van der Waals surface area contributed by atoms with Crippen LogP contribution in [0.1, 0.15) is 23.2 Å². The van der Waals surface area contributed by atoms with Crippen molar-refractivity contribution in [2.45, 2.75) is 18.9 Å². The van der Waals surface area contributed by atoms with E-state index in [1.807, 2.05) is 0 Å². The average Bonchev–Trinajstić information content (AvgIpc) is 2.39. The third kappa shape index (κ3) is 3.15. The lowest BCUT2D eigenvalue weighted by molar-refractivity contribution is -0.122. The van der Waals surface area contributed by atoms with Crippen molar-refractivity contribution in [1.29, 1.82) is 0 Å². The first-order chi connectivity index (χ1) is 9.10. The molecule has 0 saturated carbocycles. The van der Waals surface area contributed by atoms with Crippen molar-refractivity contribution in [2.75, 3.05) is 19.4 Å². The fourth-order valence-corrected chi connectivity index (χ4v) is 2.03. The Morgan fingerprint density at radius 1 is 1.53 bits per heavy atom. The van der Waals surface area contributed by atoms with E-state index in [0.29, 0.717) is 30.0 Å². The summed E-state index contributed by atoms with van der Waals surface area (Å²) in [5.41, 5.74) is 6.64. The van der Waals surface area contributed by atoms with Gasteiger partial charge in [0.15, 0.2) is 0 Å². The second kappa shape index (κ2) is 5.60. The highest BCUT2D eigenvalue weighted by Crippen LogP contribution is 2.22. The Labute approximate surface area is 111 Å². The average molecular weight is 263 g/mol. The highest BCUT2D eigenvalue weighted by molar-refractivity contribution is 5.95. The van der Waals surface area contributed by atoms with Crippen molar-refractivity contribution in [1.82, 2.24) is 10.6 Å². The van der Waals surface area contributed by atoms with Crippen LogP contribution in [-0.4, -0.2) is 31.5 Å². The second-order valence-electron chi connectivity index (χ2n) is 4.47. The highest BCUT2D eigenvalue weighted by Gasteiger charge is 2.21. The predicted molar refractivity (Wildman–Crippen MR) is 70.9 cm³/mol. The molecule has 0 unspecified atom stereocenters. The first-order valence-corrected chi connectivity index (χ1v) is 6.11. The van der Waals surface area contributed by atoms with Crippen LogP contribution in [0.5, 0.6) is 5.75 Å². The van der Waals surface area contributed by atoms with Crippen LogP contribution in [0.2, 0.25) is 0 Å². The number of rotatable bonds is 3. The maximum absolute atomic E-state index is 12.1. The molecule has 0 bridgehead atoms. The van der Waals surface area contributed by atoms with Gasteiger partial charge in [0, 0.05) is 24.6 Å². The number of benzene rings is 1. The minimum atomic E-state index is -0.224. The molecular weight excluding hydrogens is 246 g/mol. The van der Waals surface area contributed by atoms with Crippen LogP contribution in [0.4, 0.5) is 5.69 Å². The molecule has 4 N–H and O–H groups in total. The Morgan fingerprint density at radius 3 is 3.00 bits per heavy atom. The molecule has 2 amide bonds. The molecule has 1 aromatic carbocycles. The number of hydrogen-bond donors (Lipinski definition) is 3. The van der Waals surface area contributed by atoms with Gasteiger partial charge in [-0.05, 0) is 24.6 Å². The van der Waals surface area contributed by atoms with Crippen molar-refractivity contribution in [3.63, 3.8) is 0 Å². The molecule has 0 aliphatic carbocycles. The summed E-state index contributed by atoms with van der Waals surface area (Å²) in [6, 6.07) is 4.73. The summed E-state index contributed by atoms with van der Waals surface area (Å²) in [4.78, 5) is 23.3. The van der Waals surface area contributed by atoms with Crippen LogP contribution < -0.4 is 21.1 Å². The number of nitrogens with one attached hydrogen (secondary N) is 2. The summed E-state index contributed by atoms with van der Waals surface area (Å²) >= 11 is 0. The fraction of sp³-hybridized carbons (Fsp3) is 0.385. The van der Waals surface area contributed by atoms with Gasteiger partial charge in [-0.15, -0.1) is 0 Å². The van der Waals surface area contributed by atoms with Gasteiger partial charge in [-0.1, -0.05) is 0 Å². The summed E-state index contributed by atoms with van der Waals surface area (Å²) in [5.74, 6) is 0.207. The quantitative estimate of drug-likeness (QED) is 0.683. The van der Waals surface area contributed by atoms with Crippen LogP contribution >= 0.6 is 0 Å². The topological polar surface area (TPSA) is 93.5 Å². The summed E-state index contributed by atoms with van der Waals surface area (Å²) in [6.07, 6.45) is 1.06. The van der Waals surface area contributed by atoms with Crippen LogP contribution in [0.3, 0.4) is 0 Å². The lowest BCUT2D eigenvalue weighted by Crippen LogP contribution is -2.45. The van der Waals surface area contributed by atoms with Crippen molar-refractivity contribution in [2.24, 2.45) is 0 Å². The number of ether oxygens (including phenoxy) is 1. The zero-order chi connectivity index (χ0) is 13.8. The van der Waals surface area contributed by atoms with E-state index in [1.54, 1.807) is 18.2 Å². The van der Waals surface area contributed by atoms with E-state index in [9.17, 15) is 9.59 Å². The third-order valence-corrected chi connectivity index (χ3v) is 3.08. The molecule has 1 aliphatic rings. The Morgan fingerprint density at radius 2 is 2.32 bits per heavy atom. The van der Waals surface area contributed by atoms with Gasteiger partial charge in [0.2, 0.25) is 5.91 Å². The largest absolute Gasteiger partial charge is 0.495 e. The molecule has 0 radical (unpaired) electrons. The number of nitrogens with two attached hydrogens (primary N) is 1. The molecule has 1 aromatic rings. The van der Waals surface area contributed by atoms with E-state index in [0.717, 1.165) is 6.42 Å². The molecular formula is C13H17N3O3. The normalized spacial score (nSPS) is 18.6. The highest BCUT2D eigenvalue weighted by atomic mass is 16.5. The van der Waals surface area contributed by atoms with Crippen molar-refractivity contribution >= 4 is 17.5 Å². The van der Waals surface area contributed by atoms with E-state index in [-0.39, 0.29) is 17.9 Å². The molecule has 1 saturated heterocycles. The zero-order valence-electron chi connectivity index (χ0n) is 10.7. The molecule has 1 heterocycles. The van der Waals surface area contributed by atoms with Gasteiger partial charge in [0.05, 0.1) is 12.8 Å². The van der Waals surface area contributed by atoms with Crippen LogP contribution in [0.25, 0.3) is 0 Å². The minimum absolute atomic E-state index is 0.0357. The Bertz CT molecular complexity index is 502. The van der Waals surface area contributed by atoms with Gasteiger partial charge in [-0.25, -0.2) is 0 Å². The summed E-state index contributed by atoms with van der Waals surface area (Å²) in [5, 5.41) is 5.56. The van der Waals surface area contributed by atoms with E-state index in [1.165, 1.54) is 7.11 Å². The van der Waals surface area contributed by atoms with E-state index >= 15 is 0 Å². The van der Waals surface area contributed by atoms with Crippen LogP contribution in [-0.2, 0) is 4.79 Å². The molecule has 0 aromatic heterocycles. The number of nitrogen functional groups attached to an aromatic ring is 1. The van der Waals surface area contributed by atoms with Crippen LogP contribution in [0.15, 0.2) is 18.2 Å². The summed E-state index contributed by atoms with van der Waals surface area (Å²) in [6.45, 7) is 0.592. The molecule has 1 atom stereocenters. The Balaban J connectivity index is 2.05. The van der Waals surface area contributed by atoms with Crippen LogP contribution in [0, 0.1) is 0 Å². The molecule has 1 fully saturated rings. The number of amides is 2. The molecule has 6 heteroatoms. The fourth-order valence-electron chi connectivity index (χ4n) is 2.03.